The highest BCUT2D eigenvalue weighted by atomic mass is 35.5. The predicted molar refractivity (Wildman–Crippen MR) is 71.2 cm³/mol. The third-order valence-electron chi connectivity index (χ3n) is 2.19. The lowest BCUT2D eigenvalue weighted by Gasteiger charge is -2.09. The number of nitrogens with one attached hydrogen (secondary N) is 2. The highest BCUT2D eigenvalue weighted by Crippen LogP contribution is 2.22. The van der Waals surface area contributed by atoms with Gasteiger partial charge in [0.05, 0.1) is 0 Å². The van der Waals surface area contributed by atoms with Gasteiger partial charge in [-0.2, -0.15) is 0 Å². The summed E-state index contributed by atoms with van der Waals surface area (Å²) in [5.74, 6) is -0.687. The van der Waals surface area contributed by atoms with Gasteiger partial charge in [0.15, 0.2) is 0 Å². The molecule has 0 bridgehead atoms. The number of hydrogen-bond donors (Lipinski definition) is 2. The third kappa shape index (κ3) is 7.20. The molecule has 0 saturated carbocycles. The van der Waals surface area contributed by atoms with Crippen LogP contribution in [-0.2, 0) is 0 Å². The van der Waals surface area contributed by atoms with Gasteiger partial charge in [0.1, 0.15) is 5.75 Å². The van der Waals surface area contributed by atoms with Crippen molar-refractivity contribution in [3.05, 3.63) is 29.8 Å². The number of halogens is 4. The van der Waals surface area contributed by atoms with E-state index in [1.165, 1.54) is 12.1 Å². The lowest BCUT2D eigenvalue weighted by atomic mass is 10.2. The summed E-state index contributed by atoms with van der Waals surface area (Å²) in [7, 11) is 0. The number of ether oxygens (including phenoxy) is 1. The summed E-state index contributed by atoms with van der Waals surface area (Å²) in [5.41, 5.74) is 0.283. The van der Waals surface area contributed by atoms with Crippen LogP contribution in [0.5, 0.6) is 5.75 Å². The smallest absolute Gasteiger partial charge is 0.406 e. The minimum absolute atomic E-state index is 0. The van der Waals surface area contributed by atoms with E-state index in [2.05, 4.69) is 15.4 Å². The van der Waals surface area contributed by atoms with Crippen LogP contribution in [0.1, 0.15) is 17.3 Å². The molecular weight excluding hydrogens is 297 g/mol. The minimum atomic E-state index is -4.73. The molecular formula is C12H16ClF3N2O2. The van der Waals surface area contributed by atoms with Crippen LogP contribution in [0.3, 0.4) is 0 Å². The van der Waals surface area contributed by atoms with Crippen LogP contribution >= 0.6 is 12.4 Å². The van der Waals surface area contributed by atoms with Crippen molar-refractivity contribution in [2.75, 3.05) is 19.6 Å². The Morgan fingerprint density at radius 3 is 2.30 bits per heavy atom. The first kappa shape index (κ1) is 18.5. The summed E-state index contributed by atoms with van der Waals surface area (Å²) in [6.45, 7) is 3.84. The Kier molecular flexibility index (Phi) is 8.02. The van der Waals surface area contributed by atoms with Gasteiger partial charge < -0.3 is 15.4 Å². The van der Waals surface area contributed by atoms with E-state index in [0.29, 0.717) is 13.1 Å². The van der Waals surface area contributed by atoms with Crippen molar-refractivity contribution in [3.8, 4) is 5.75 Å². The molecule has 1 aromatic carbocycles. The van der Waals surface area contributed by atoms with Crippen LogP contribution in [0.25, 0.3) is 0 Å². The van der Waals surface area contributed by atoms with Crippen molar-refractivity contribution in [3.63, 3.8) is 0 Å². The second-order valence-corrected chi connectivity index (χ2v) is 3.68. The lowest BCUT2D eigenvalue weighted by Crippen LogP contribution is -2.31. The minimum Gasteiger partial charge on any atom is -0.406 e. The molecule has 4 nitrogen and oxygen atoms in total. The third-order valence-corrected chi connectivity index (χ3v) is 2.19. The Morgan fingerprint density at radius 2 is 1.80 bits per heavy atom. The molecule has 0 spiro atoms. The molecule has 0 fully saturated rings. The average molecular weight is 313 g/mol. The summed E-state index contributed by atoms with van der Waals surface area (Å²) in [4.78, 5) is 11.6. The molecule has 114 valence electrons. The van der Waals surface area contributed by atoms with Crippen molar-refractivity contribution in [2.45, 2.75) is 13.3 Å². The quantitative estimate of drug-likeness (QED) is 0.793. The van der Waals surface area contributed by atoms with Crippen molar-refractivity contribution in [2.24, 2.45) is 0 Å². The second-order valence-electron chi connectivity index (χ2n) is 3.68. The van der Waals surface area contributed by atoms with Gasteiger partial charge >= 0.3 is 6.36 Å². The number of likely N-dealkylation sites (N-methyl/N-ethyl adjacent to an activating group) is 1. The Hall–Kier alpha value is -1.47. The topological polar surface area (TPSA) is 50.4 Å². The molecule has 2 N–H and O–H groups in total. The maximum Gasteiger partial charge on any atom is 0.573 e. The van der Waals surface area contributed by atoms with Crippen LogP contribution in [0.15, 0.2) is 24.3 Å². The number of alkyl halides is 3. The van der Waals surface area contributed by atoms with Crippen LogP contribution < -0.4 is 15.4 Å². The lowest BCUT2D eigenvalue weighted by molar-refractivity contribution is -0.274. The average Bonchev–Trinajstić information content (AvgIpc) is 2.33. The summed E-state index contributed by atoms with van der Waals surface area (Å²) in [5, 5.41) is 5.67. The maximum atomic E-state index is 11.9. The summed E-state index contributed by atoms with van der Waals surface area (Å²) < 4.78 is 39.5. The fourth-order valence-electron chi connectivity index (χ4n) is 1.35. The fourth-order valence-corrected chi connectivity index (χ4v) is 1.35. The van der Waals surface area contributed by atoms with Crippen LogP contribution in [0, 0.1) is 0 Å². The molecule has 8 heteroatoms. The van der Waals surface area contributed by atoms with Crippen molar-refractivity contribution in [1.82, 2.24) is 10.6 Å². The molecule has 0 atom stereocenters. The van der Waals surface area contributed by atoms with E-state index >= 15 is 0 Å². The van der Waals surface area contributed by atoms with E-state index in [9.17, 15) is 18.0 Å². The summed E-state index contributed by atoms with van der Waals surface area (Å²) in [6, 6.07) is 4.77. The molecule has 0 aromatic heterocycles. The Balaban J connectivity index is 0.00000361. The first-order valence-electron chi connectivity index (χ1n) is 5.77. The molecule has 0 aliphatic heterocycles. The van der Waals surface area contributed by atoms with E-state index in [-0.39, 0.29) is 29.6 Å². The summed E-state index contributed by atoms with van der Waals surface area (Å²) in [6.07, 6.45) is -4.73. The first-order valence-corrected chi connectivity index (χ1v) is 5.77. The zero-order valence-electron chi connectivity index (χ0n) is 10.8. The van der Waals surface area contributed by atoms with Gasteiger partial charge in [0.25, 0.3) is 5.91 Å². The number of carbonyl (C=O) groups excluding carboxylic acids is 1. The number of carbonyl (C=O) groups is 1. The Morgan fingerprint density at radius 1 is 1.20 bits per heavy atom. The monoisotopic (exact) mass is 312 g/mol. The molecule has 0 unspecified atom stereocenters. The molecule has 1 amide bonds. The highest BCUT2D eigenvalue weighted by Gasteiger charge is 2.31. The first-order chi connectivity index (χ1) is 8.92. The van der Waals surface area contributed by atoms with Gasteiger partial charge in [-0.25, -0.2) is 0 Å². The standard InChI is InChI=1S/C12H15F3N2O2.ClH/c1-2-16-7-8-17-11(18)9-3-5-10(6-4-9)19-12(13,14)15;/h3-6,16H,2,7-8H2,1H3,(H,17,18);1H. The molecule has 20 heavy (non-hydrogen) atoms. The number of amides is 1. The van der Waals surface area contributed by atoms with Crippen molar-refractivity contribution < 1.29 is 22.7 Å². The molecule has 0 aliphatic rings. The zero-order valence-corrected chi connectivity index (χ0v) is 11.6. The normalized spacial score (nSPS) is 10.6. The van der Waals surface area contributed by atoms with Crippen LogP contribution in [0.2, 0.25) is 0 Å². The number of rotatable bonds is 6. The molecule has 0 saturated heterocycles. The molecule has 1 aromatic rings. The highest BCUT2D eigenvalue weighted by molar-refractivity contribution is 5.94. The molecule has 0 radical (unpaired) electrons. The van der Waals surface area contributed by atoms with Gasteiger partial charge in [-0.1, -0.05) is 6.92 Å². The number of hydrogen-bond acceptors (Lipinski definition) is 3. The maximum absolute atomic E-state index is 11.9. The van der Waals surface area contributed by atoms with E-state index in [1.807, 2.05) is 6.92 Å². The largest absolute Gasteiger partial charge is 0.573 e. The molecule has 0 heterocycles. The Bertz CT molecular complexity index is 410. The second kappa shape index (κ2) is 8.65. The number of benzene rings is 1. The summed E-state index contributed by atoms with van der Waals surface area (Å²) >= 11 is 0. The van der Waals surface area contributed by atoms with Gasteiger partial charge in [-0.3, -0.25) is 4.79 Å². The van der Waals surface area contributed by atoms with E-state index in [4.69, 9.17) is 0 Å². The Labute approximate surface area is 121 Å². The fraction of sp³-hybridized carbons (Fsp3) is 0.417. The van der Waals surface area contributed by atoms with Crippen LogP contribution in [-0.4, -0.2) is 31.9 Å². The van der Waals surface area contributed by atoms with Gasteiger partial charge in [-0.15, -0.1) is 25.6 Å². The van der Waals surface area contributed by atoms with Crippen molar-refractivity contribution >= 4 is 18.3 Å². The van der Waals surface area contributed by atoms with E-state index in [1.54, 1.807) is 0 Å². The van der Waals surface area contributed by atoms with Gasteiger partial charge in [0.2, 0.25) is 0 Å². The van der Waals surface area contributed by atoms with Crippen LogP contribution in [0.4, 0.5) is 13.2 Å². The molecule has 1 rings (SSSR count). The predicted octanol–water partition coefficient (Wildman–Crippen LogP) is 2.35. The SMILES string of the molecule is CCNCCNC(=O)c1ccc(OC(F)(F)F)cc1.Cl. The molecule has 0 aliphatic carbocycles. The van der Waals surface area contributed by atoms with Gasteiger partial charge in [0, 0.05) is 18.7 Å². The van der Waals surface area contributed by atoms with E-state index in [0.717, 1.165) is 18.7 Å². The van der Waals surface area contributed by atoms with Gasteiger partial charge in [-0.05, 0) is 30.8 Å². The van der Waals surface area contributed by atoms with Crippen molar-refractivity contribution in [1.29, 1.82) is 0 Å². The van der Waals surface area contributed by atoms with E-state index < -0.39 is 6.36 Å². The zero-order chi connectivity index (χ0) is 14.3.